The second-order valence-corrected chi connectivity index (χ2v) is 4.34. The second kappa shape index (κ2) is 6.08. The number of phenolic OH excluding ortho intramolecular Hbond substituents is 1. The van der Waals surface area contributed by atoms with Gasteiger partial charge in [0.1, 0.15) is 5.75 Å². The lowest BCUT2D eigenvalue weighted by molar-refractivity contribution is 0.0698. The molecule has 0 fully saturated rings. The van der Waals surface area contributed by atoms with Gasteiger partial charge in [0.25, 0.3) is 0 Å². The van der Waals surface area contributed by atoms with Crippen LogP contribution in [-0.2, 0) is 0 Å². The van der Waals surface area contributed by atoms with Gasteiger partial charge in [-0.2, -0.15) is 5.10 Å². The molecule has 0 unspecified atom stereocenters. The first-order valence-electron chi connectivity index (χ1n) is 5.68. The van der Waals surface area contributed by atoms with Crippen molar-refractivity contribution in [1.29, 1.82) is 0 Å². The van der Waals surface area contributed by atoms with Gasteiger partial charge in [-0.1, -0.05) is 23.7 Å². The number of carboxylic acid groups (broad SMARTS) is 1. The van der Waals surface area contributed by atoms with Crippen LogP contribution in [0.25, 0.3) is 0 Å². The molecule has 0 saturated carbocycles. The van der Waals surface area contributed by atoms with Crippen LogP contribution in [0.3, 0.4) is 0 Å². The van der Waals surface area contributed by atoms with Crippen LogP contribution in [0.4, 0.5) is 5.69 Å². The van der Waals surface area contributed by atoms with Gasteiger partial charge in [0.2, 0.25) is 0 Å². The molecule has 2 aromatic carbocycles. The van der Waals surface area contributed by atoms with E-state index in [0.717, 1.165) is 0 Å². The monoisotopic (exact) mass is 290 g/mol. The van der Waals surface area contributed by atoms with E-state index in [1.54, 1.807) is 30.3 Å². The van der Waals surface area contributed by atoms with E-state index in [4.69, 9.17) is 16.7 Å². The molecule has 0 aliphatic carbocycles. The molecule has 5 nitrogen and oxygen atoms in total. The van der Waals surface area contributed by atoms with Crippen molar-refractivity contribution in [2.75, 3.05) is 5.43 Å². The standard InChI is InChI=1S/C14H11ClN2O3/c15-11-7-9(5-6-13(11)18)8-16-17-12-4-2-1-3-10(12)14(19)20/h1-8,17-18H,(H,19,20). The average Bonchev–Trinajstić information content (AvgIpc) is 2.43. The summed E-state index contributed by atoms with van der Waals surface area (Å²) >= 11 is 5.77. The van der Waals surface area contributed by atoms with Gasteiger partial charge >= 0.3 is 5.97 Å². The van der Waals surface area contributed by atoms with Gasteiger partial charge in [-0.05, 0) is 35.9 Å². The number of benzene rings is 2. The number of nitrogens with one attached hydrogen (secondary N) is 1. The fraction of sp³-hybridized carbons (Fsp3) is 0. The van der Waals surface area contributed by atoms with Crippen molar-refractivity contribution < 1.29 is 15.0 Å². The normalized spacial score (nSPS) is 10.7. The quantitative estimate of drug-likeness (QED) is 0.596. The van der Waals surface area contributed by atoms with E-state index >= 15 is 0 Å². The van der Waals surface area contributed by atoms with Crippen LogP contribution in [0.15, 0.2) is 47.6 Å². The molecular formula is C14H11ClN2O3. The highest BCUT2D eigenvalue weighted by Gasteiger charge is 2.07. The van der Waals surface area contributed by atoms with Gasteiger partial charge in [-0.25, -0.2) is 4.79 Å². The maximum absolute atomic E-state index is 11.0. The lowest BCUT2D eigenvalue weighted by Crippen LogP contribution is -2.02. The van der Waals surface area contributed by atoms with Crippen LogP contribution >= 0.6 is 11.6 Å². The molecule has 3 N–H and O–H groups in total. The van der Waals surface area contributed by atoms with E-state index < -0.39 is 5.97 Å². The minimum absolute atomic E-state index is 0.00648. The highest BCUT2D eigenvalue weighted by Crippen LogP contribution is 2.23. The van der Waals surface area contributed by atoms with Crippen molar-refractivity contribution in [3.05, 3.63) is 58.6 Å². The first kappa shape index (κ1) is 13.9. The third-order valence-electron chi connectivity index (χ3n) is 2.53. The smallest absolute Gasteiger partial charge is 0.337 e. The number of rotatable bonds is 4. The Balaban J connectivity index is 2.14. The number of nitrogens with zero attached hydrogens (tertiary/aromatic N) is 1. The Bertz CT molecular complexity index is 671. The van der Waals surface area contributed by atoms with Crippen LogP contribution in [0, 0.1) is 0 Å². The number of aromatic carboxylic acids is 1. The zero-order chi connectivity index (χ0) is 14.5. The number of para-hydroxylation sites is 1. The first-order valence-corrected chi connectivity index (χ1v) is 6.05. The lowest BCUT2D eigenvalue weighted by atomic mass is 10.2. The minimum Gasteiger partial charge on any atom is -0.506 e. The fourth-order valence-corrected chi connectivity index (χ4v) is 1.74. The molecule has 0 atom stereocenters. The molecule has 0 radical (unpaired) electrons. The molecule has 0 saturated heterocycles. The van der Waals surface area contributed by atoms with E-state index in [0.29, 0.717) is 11.3 Å². The molecule has 0 aliphatic rings. The summed E-state index contributed by atoms with van der Waals surface area (Å²) in [5.41, 5.74) is 3.86. The van der Waals surface area contributed by atoms with E-state index in [1.807, 2.05) is 0 Å². The summed E-state index contributed by atoms with van der Waals surface area (Å²) in [7, 11) is 0. The Morgan fingerprint density at radius 1 is 1.25 bits per heavy atom. The van der Waals surface area contributed by atoms with Gasteiger partial charge < -0.3 is 10.2 Å². The molecule has 0 aliphatic heterocycles. The number of hydrogen-bond acceptors (Lipinski definition) is 4. The Morgan fingerprint density at radius 3 is 2.70 bits per heavy atom. The highest BCUT2D eigenvalue weighted by atomic mass is 35.5. The van der Waals surface area contributed by atoms with Crippen molar-refractivity contribution in [3.8, 4) is 5.75 Å². The van der Waals surface area contributed by atoms with Crippen molar-refractivity contribution in [3.63, 3.8) is 0 Å². The Kier molecular flexibility index (Phi) is 4.22. The summed E-state index contributed by atoms with van der Waals surface area (Å²) in [6.07, 6.45) is 1.48. The number of carboxylic acids is 1. The number of hydrogen-bond donors (Lipinski definition) is 3. The largest absolute Gasteiger partial charge is 0.506 e. The summed E-state index contributed by atoms with van der Waals surface area (Å²) in [6, 6.07) is 11.1. The predicted octanol–water partition coefficient (Wildman–Crippen LogP) is 3.19. The number of hydrazone groups is 1. The Labute approximate surface area is 120 Å². The van der Waals surface area contributed by atoms with Crippen LogP contribution in [-0.4, -0.2) is 22.4 Å². The average molecular weight is 291 g/mol. The molecule has 20 heavy (non-hydrogen) atoms. The van der Waals surface area contributed by atoms with Gasteiger partial charge in [-0.3, -0.25) is 5.43 Å². The molecule has 0 spiro atoms. The zero-order valence-electron chi connectivity index (χ0n) is 10.2. The number of carbonyl (C=O) groups is 1. The second-order valence-electron chi connectivity index (χ2n) is 3.93. The first-order chi connectivity index (χ1) is 9.58. The number of phenols is 1. The van der Waals surface area contributed by atoms with Crippen LogP contribution in [0.2, 0.25) is 5.02 Å². The molecule has 2 aromatic rings. The molecule has 2 rings (SSSR count). The SMILES string of the molecule is O=C(O)c1ccccc1NN=Cc1ccc(O)c(Cl)c1. The summed E-state index contributed by atoms with van der Waals surface area (Å²) in [5.74, 6) is -1.04. The van der Waals surface area contributed by atoms with Gasteiger partial charge in [0.15, 0.2) is 0 Å². The third-order valence-corrected chi connectivity index (χ3v) is 2.83. The van der Waals surface area contributed by atoms with Crippen LogP contribution in [0.1, 0.15) is 15.9 Å². The molecule has 0 bridgehead atoms. The number of anilines is 1. The molecular weight excluding hydrogens is 280 g/mol. The topological polar surface area (TPSA) is 81.9 Å². The van der Waals surface area contributed by atoms with Gasteiger partial charge in [0.05, 0.1) is 22.5 Å². The van der Waals surface area contributed by atoms with Crippen LogP contribution < -0.4 is 5.43 Å². The summed E-state index contributed by atoms with van der Waals surface area (Å²) in [5, 5.41) is 22.5. The summed E-state index contributed by atoms with van der Waals surface area (Å²) < 4.78 is 0. The van der Waals surface area contributed by atoms with Crippen molar-refractivity contribution in [2.45, 2.75) is 0 Å². The van der Waals surface area contributed by atoms with Gasteiger partial charge in [-0.15, -0.1) is 0 Å². The molecule has 0 aromatic heterocycles. The summed E-state index contributed by atoms with van der Waals surface area (Å²) in [4.78, 5) is 11.0. The van der Waals surface area contributed by atoms with E-state index in [2.05, 4.69) is 10.5 Å². The van der Waals surface area contributed by atoms with Crippen molar-refractivity contribution >= 4 is 29.5 Å². The van der Waals surface area contributed by atoms with Crippen molar-refractivity contribution in [1.82, 2.24) is 0 Å². The number of aromatic hydroxyl groups is 1. The lowest BCUT2D eigenvalue weighted by Gasteiger charge is -2.04. The Hall–Kier alpha value is -2.53. The maximum Gasteiger partial charge on any atom is 0.337 e. The van der Waals surface area contributed by atoms with E-state index in [9.17, 15) is 9.90 Å². The van der Waals surface area contributed by atoms with Crippen molar-refractivity contribution in [2.24, 2.45) is 5.10 Å². The summed E-state index contributed by atoms with van der Waals surface area (Å²) in [6.45, 7) is 0. The third kappa shape index (κ3) is 3.27. The molecule has 6 heteroatoms. The molecule has 102 valence electrons. The minimum atomic E-state index is -1.03. The number of halogens is 1. The maximum atomic E-state index is 11.0. The Morgan fingerprint density at radius 2 is 2.00 bits per heavy atom. The van der Waals surface area contributed by atoms with E-state index in [-0.39, 0.29) is 16.3 Å². The predicted molar refractivity (Wildman–Crippen MR) is 77.7 cm³/mol. The van der Waals surface area contributed by atoms with Gasteiger partial charge in [0, 0.05) is 0 Å². The molecule has 0 amide bonds. The molecule has 0 heterocycles. The van der Waals surface area contributed by atoms with E-state index in [1.165, 1.54) is 18.3 Å². The fourth-order valence-electron chi connectivity index (χ4n) is 1.55. The van der Waals surface area contributed by atoms with Crippen LogP contribution in [0.5, 0.6) is 5.75 Å². The highest BCUT2D eigenvalue weighted by molar-refractivity contribution is 6.32. The zero-order valence-corrected chi connectivity index (χ0v) is 11.0.